The van der Waals surface area contributed by atoms with Gasteiger partial charge in [-0.25, -0.2) is 5.57 Å². The van der Waals surface area contributed by atoms with Crippen molar-refractivity contribution in [3.8, 4) is 11.1 Å². The number of rotatable bonds is 3. The fourth-order valence-electron chi connectivity index (χ4n) is 5.12. The average molecular weight is 675 g/mol. The molecule has 43 heavy (non-hydrogen) atoms. The fraction of sp³-hybridized carbons (Fsp3) is 0.100. The Balaban J connectivity index is 0.000000130. The molecule has 0 saturated heterocycles. The third-order valence-electron chi connectivity index (χ3n) is 7.21. The Hall–Kier alpha value is -3.22. The zero-order valence-corrected chi connectivity index (χ0v) is 28.3. The van der Waals surface area contributed by atoms with Crippen LogP contribution in [-0.4, -0.2) is 7.42 Å². The van der Waals surface area contributed by atoms with Crippen LogP contribution in [0.4, 0.5) is 0 Å². The molecule has 0 amide bonds. The summed E-state index contributed by atoms with van der Waals surface area (Å²) in [5.41, 5.74) is 11.9. The maximum absolute atomic E-state index is 5.84. The van der Waals surface area contributed by atoms with Crippen LogP contribution in [0.2, 0.25) is 10.0 Å². The Labute approximate surface area is 276 Å². The quantitative estimate of drug-likeness (QED) is 0.164. The van der Waals surface area contributed by atoms with Gasteiger partial charge in [0.1, 0.15) is 0 Å². The van der Waals surface area contributed by atoms with Gasteiger partial charge >= 0.3 is 123 Å². The molecular formula is C40H32Cl2Zr-2. The second-order valence-electron chi connectivity index (χ2n) is 10.5. The van der Waals surface area contributed by atoms with E-state index in [1.807, 2.05) is 36.4 Å². The molecule has 1 unspecified atom stereocenters. The third-order valence-corrected chi connectivity index (χ3v) is 10.2. The Kier molecular flexibility index (Phi) is 11.2. The van der Waals surface area contributed by atoms with E-state index in [1.54, 1.807) is 0 Å². The van der Waals surface area contributed by atoms with Gasteiger partial charge in [0.15, 0.2) is 0 Å². The summed E-state index contributed by atoms with van der Waals surface area (Å²) >= 11 is 11.0. The summed E-state index contributed by atoms with van der Waals surface area (Å²) < 4.78 is 4.66. The van der Waals surface area contributed by atoms with Gasteiger partial charge in [0.05, 0.1) is 0 Å². The predicted octanol–water partition coefficient (Wildman–Crippen LogP) is 10.6. The van der Waals surface area contributed by atoms with Crippen molar-refractivity contribution in [1.29, 1.82) is 0 Å². The van der Waals surface area contributed by atoms with Crippen LogP contribution in [0.5, 0.6) is 0 Å². The summed E-state index contributed by atoms with van der Waals surface area (Å²) in [6.07, 6.45) is 6.71. The molecule has 3 heteroatoms. The first kappa shape index (κ1) is 31.2. The minimum absolute atomic E-state index is 0.468. The van der Waals surface area contributed by atoms with Gasteiger partial charge in [-0.15, -0.1) is 11.1 Å². The third kappa shape index (κ3) is 8.90. The van der Waals surface area contributed by atoms with Gasteiger partial charge in [0, 0.05) is 0 Å². The summed E-state index contributed by atoms with van der Waals surface area (Å²) in [4.78, 5) is 0. The first-order chi connectivity index (χ1) is 21.0. The summed E-state index contributed by atoms with van der Waals surface area (Å²) in [5, 5.41) is 1.57. The summed E-state index contributed by atoms with van der Waals surface area (Å²) in [6, 6.07) is 44.5. The molecule has 0 aromatic heterocycles. The van der Waals surface area contributed by atoms with E-state index in [0.717, 1.165) is 16.5 Å². The molecule has 0 radical (unpaired) electrons. The Bertz CT molecular complexity index is 1700. The molecule has 0 fully saturated rings. The van der Waals surface area contributed by atoms with E-state index in [1.165, 1.54) is 50.1 Å². The monoisotopic (exact) mass is 672 g/mol. The maximum Gasteiger partial charge on any atom is -0.0253 e. The molecular weight excluding hydrogens is 643 g/mol. The van der Waals surface area contributed by atoms with E-state index >= 15 is 0 Å². The first-order valence-electron chi connectivity index (χ1n) is 14.4. The van der Waals surface area contributed by atoms with E-state index in [-0.39, 0.29) is 0 Å². The largest absolute Gasteiger partial charge is 0.179 e. The van der Waals surface area contributed by atoms with Gasteiger partial charge in [-0.3, -0.25) is 6.08 Å². The predicted molar refractivity (Wildman–Crippen MR) is 183 cm³/mol. The van der Waals surface area contributed by atoms with Crippen LogP contribution in [0.3, 0.4) is 0 Å². The molecule has 0 N–H and O–H groups in total. The number of hydrogen-bond acceptors (Lipinski definition) is 0. The molecule has 0 heterocycles. The number of hydrogen-bond donors (Lipinski definition) is 0. The SMILES string of the molecule is CC1=[C-]C(C)C=C1c1ccccc1.Clc1ccc([CH]=[Zr]=[CH]c2ccc(Cl)cc2)cc1.[c-]1cccc2c1Cc1ccccc1-2. The second kappa shape index (κ2) is 15.5. The van der Waals surface area contributed by atoms with Gasteiger partial charge in [-0.2, -0.15) is 41.5 Å². The molecule has 0 saturated carbocycles. The molecule has 5 aromatic rings. The van der Waals surface area contributed by atoms with Crippen LogP contribution in [0.1, 0.15) is 41.7 Å². The van der Waals surface area contributed by atoms with Gasteiger partial charge in [-0.1, -0.05) is 85.5 Å². The van der Waals surface area contributed by atoms with Crippen LogP contribution >= 0.6 is 23.2 Å². The van der Waals surface area contributed by atoms with E-state index in [0.29, 0.717) is 5.92 Å². The Morgan fingerprint density at radius 3 is 1.88 bits per heavy atom. The van der Waals surface area contributed by atoms with E-state index in [9.17, 15) is 0 Å². The first-order valence-corrected chi connectivity index (χ1v) is 17.9. The summed E-state index contributed by atoms with van der Waals surface area (Å²) in [6.45, 7) is 4.29. The van der Waals surface area contributed by atoms with E-state index in [4.69, 9.17) is 23.2 Å². The number of benzene rings is 5. The molecule has 0 spiro atoms. The van der Waals surface area contributed by atoms with E-state index < -0.39 is 22.3 Å². The molecule has 0 aliphatic heterocycles. The van der Waals surface area contributed by atoms with Crippen LogP contribution in [-0.2, 0) is 28.7 Å². The van der Waals surface area contributed by atoms with Crippen LogP contribution in [0, 0.1) is 18.1 Å². The minimum Gasteiger partial charge on any atom is -0.179 e. The molecule has 0 nitrogen and oxygen atoms in total. The molecule has 1 atom stereocenters. The van der Waals surface area contributed by atoms with Gasteiger partial charge < -0.3 is 0 Å². The average Bonchev–Trinajstić information content (AvgIpc) is 3.59. The molecule has 0 bridgehead atoms. The van der Waals surface area contributed by atoms with E-state index in [2.05, 4.69) is 124 Å². The fourth-order valence-corrected chi connectivity index (χ4v) is 7.47. The Morgan fingerprint density at radius 2 is 1.28 bits per heavy atom. The van der Waals surface area contributed by atoms with Gasteiger partial charge in [0.2, 0.25) is 0 Å². The van der Waals surface area contributed by atoms with Crippen molar-refractivity contribution in [2.45, 2.75) is 20.3 Å². The Morgan fingerprint density at radius 1 is 0.698 bits per heavy atom. The molecule has 2 aliphatic rings. The standard InChI is InChI=1S/C13H9.C13H13.2C7H5Cl.Zr/c1-3-7-12-10(5-1)9-11-6-2-4-8-13(11)12;1-10-8-11(2)13(9-10)12-6-4-3-5-7-12;2*1-6-2-4-7(8)5-3-6;/h1-5,7-8H,9H2;3-7,9-10H,1-2H3;2*1-5H;/q2*-1;;;. The molecule has 5 aromatic carbocycles. The summed E-state index contributed by atoms with van der Waals surface area (Å²) in [5.74, 6) is 0.468. The van der Waals surface area contributed by atoms with Crippen molar-refractivity contribution >= 4 is 36.2 Å². The molecule has 7 rings (SSSR count). The van der Waals surface area contributed by atoms with Crippen molar-refractivity contribution in [3.63, 3.8) is 0 Å². The van der Waals surface area contributed by atoms with Crippen molar-refractivity contribution in [2.75, 3.05) is 0 Å². The summed E-state index contributed by atoms with van der Waals surface area (Å²) in [7, 11) is 0. The van der Waals surface area contributed by atoms with Crippen LogP contribution in [0.25, 0.3) is 16.7 Å². The van der Waals surface area contributed by atoms with Crippen molar-refractivity contribution in [1.82, 2.24) is 0 Å². The zero-order valence-electron chi connectivity index (χ0n) is 24.3. The number of allylic oxidation sites excluding steroid dienone is 4. The number of fused-ring (bicyclic) bond motifs is 3. The molecule has 2 aliphatic carbocycles. The van der Waals surface area contributed by atoms with Crippen LogP contribution < -0.4 is 0 Å². The van der Waals surface area contributed by atoms with Gasteiger partial charge in [-0.05, 0) is 6.42 Å². The smallest absolute Gasteiger partial charge is 0.0253 e. The van der Waals surface area contributed by atoms with Crippen molar-refractivity contribution in [2.24, 2.45) is 5.92 Å². The number of halogens is 2. The van der Waals surface area contributed by atoms with Crippen LogP contribution in [0.15, 0.2) is 133 Å². The topological polar surface area (TPSA) is 0 Å². The second-order valence-corrected chi connectivity index (χ2v) is 13.6. The normalized spacial score (nSPS) is 13.9. The maximum atomic E-state index is 5.84. The molecule has 212 valence electrons. The van der Waals surface area contributed by atoms with Crippen molar-refractivity contribution in [3.05, 3.63) is 183 Å². The van der Waals surface area contributed by atoms with Gasteiger partial charge in [0.25, 0.3) is 0 Å². The van der Waals surface area contributed by atoms with Crippen molar-refractivity contribution < 1.29 is 22.3 Å². The minimum atomic E-state index is -0.623. The zero-order chi connectivity index (χ0) is 30.0.